The van der Waals surface area contributed by atoms with E-state index >= 15 is 0 Å². The topological polar surface area (TPSA) is 49.3 Å². The van der Waals surface area contributed by atoms with Crippen LogP contribution in [0.5, 0.6) is 0 Å². The van der Waals surface area contributed by atoms with Gasteiger partial charge in [0.05, 0.1) is 11.5 Å². The molecule has 2 rings (SSSR count). The molecule has 0 aliphatic heterocycles. The number of carbonyl (C=O) groups is 1. The molecule has 0 bridgehead atoms. The summed E-state index contributed by atoms with van der Waals surface area (Å²) >= 11 is 1.54. The Hall–Kier alpha value is -0.870. The van der Waals surface area contributed by atoms with E-state index in [1.165, 1.54) is 16.9 Å². The smallest absolute Gasteiger partial charge is 0.261 e. The average Bonchev–Trinajstić information content (AvgIpc) is 2.77. The fourth-order valence-electron chi connectivity index (χ4n) is 2.73. The normalized spacial score (nSPS) is 18.3. The molecule has 2 N–H and O–H groups in total. The minimum Gasteiger partial charge on any atom is -0.396 e. The highest BCUT2D eigenvalue weighted by Crippen LogP contribution is 2.35. The number of amides is 1. The standard InChI is InChI=1S/C15H23NO2S/c1-11-8-13(19-12(11)2)14(18)16-9-15(10-17)6-4-3-5-7-15/h8,17H,3-7,9-10H2,1-2H3,(H,16,18). The molecule has 19 heavy (non-hydrogen) atoms. The highest BCUT2D eigenvalue weighted by molar-refractivity contribution is 7.14. The quantitative estimate of drug-likeness (QED) is 0.891. The summed E-state index contributed by atoms with van der Waals surface area (Å²) in [4.78, 5) is 14.1. The van der Waals surface area contributed by atoms with E-state index in [9.17, 15) is 9.90 Å². The fourth-order valence-corrected chi connectivity index (χ4v) is 3.68. The van der Waals surface area contributed by atoms with E-state index in [4.69, 9.17) is 0 Å². The lowest BCUT2D eigenvalue weighted by molar-refractivity contribution is 0.0720. The summed E-state index contributed by atoms with van der Waals surface area (Å²) in [6.45, 7) is 4.83. The first-order chi connectivity index (χ1) is 9.06. The molecule has 1 amide bonds. The lowest BCUT2D eigenvalue weighted by Crippen LogP contribution is -2.41. The zero-order valence-corrected chi connectivity index (χ0v) is 12.6. The third kappa shape index (κ3) is 3.37. The molecule has 0 atom stereocenters. The zero-order valence-electron chi connectivity index (χ0n) is 11.8. The zero-order chi connectivity index (χ0) is 13.9. The van der Waals surface area contributed by atoms with Crippen LogP contribution in [0, 0.1) is 19.3 Å². The molecule has 1 aromatic heterocycles. The van der Waals surface area contributed by atoms with Gasteiger partial charge in [-0.3, -0.25) is 4.79 Å². The second-order valence-corrected chi connectivity index (χ2v) is 7.01. The molecule has 1 heterocycles. The van der Waals surface area contributed by atoms with Crippen molar-refractivity contribution in [1.29, 1.82) is 0 Å². The first kappa shape index (κ1) is 14.5. The molecule has 0 radical (unpaired) electrons. The van der Waals surface area contributed by atoms with Gasteiger partial charge >= 0.3 is 0 Å². The Morgan fingerprint density at radius 1 is 1.37 bits per heavy atom. The van der Waals surface area contributed by atoms with Gasteiger partial charge in [0.25, 0.3) is 5.91 Å². The minimum atomic E-state index is -0.0880. The highest BCUT2D eigenvalue weighted by atomic mass is 32.1. The largest absolute Gasteiger partial charge is 0.396 e. The lowest BCUT2D eigenvalue weighted by Gasteiger charge is -2.35. The number of hydrogen-bond donors (Lipinski definition) is 2. The van der Waals surface area contributed by atoms with Crippen LogP contribution in [0.15, 0.2) is 6.07 Å². The molecule has 0 saturated heterocycles. The Bertz CT molecular complexity index is 427. The Kier molecular flexibility index (Phi) is 4.63. The van der Waals surface area contributed by atoms with E-state index < -0.39 is 0 Å². The predicted molar refractivity (Wildman–Crippen MR) is 78.7 cm³/mol. The summed E-state index contributed by atoms with van der Waals surface area (Å²) in [5, 5.41) is 12.6. The number of rotatable bonds is 4. The van der Waals surface area contributed by atoms with E-state index in [0.717, 1.165) is 30.6 Å². The van der Waals surface area contributed by atoms with Gasteiger partial charge < -0.3 is 10.4 Å². The molecule has 1 aliphatic rings. The second-order valence-electron chi connectivity index (χ2n) is 5.75. The van der Waals surface area contributed by atoms with Gasteiger partial charge in [0, 0.05) is 16.8 Å². The Morgan fingerprint density at radius 3 is 2.58 bits per heavy atom. The van der Waals surface area contributed by atoms with Gasteiger partial charge in [0.1, 0.15) is 0 Å². The van der Waals surface area contributed by atoms with E-state index in [1.54, 1.807) is 11.3 Å². The van der Waals surface area contributed by atoms with Gasteiger partial charge in [-0.2, -0.15) is 0 Å². The van der Waals surface area contributed by atoms with Crippen LogP contribution in [0.4, 0.5) is 0 Å². The molecule has 1 fully saturated rings. The summed E-state index contributed by atoms with van der Waals surface area (Å²) in [5.74, 6) is -0.000372. The molecule has 1 aromatic rings. The SMILES string of the molecule is Cc1cc(C(=O)NCC2(CO)CCCCC2)sc1C. The third-order valence-electron chi connectivity index (χ3n) is 4.26. The summed E-state index contributed by atoms with van der Waals surface area (Å²) in [7, 11) is 0. The van der Waals surface area contributed by atoms with Crippen molar-refractivity contribution in [3.63, 3.8) is 0 Å². The number of aliphatic hydroxyl groups is 1. The molecular formula is C15H23NO2S. The molecule has 106 valence electrons. The van der Waals surface area contributed by atoms with Crippen LogP contribution < -0.4 is 5.32 Å². The van der Waals surface area contributed by atoms with Gasteiger partial charge in [-0.15, -0.1) is 11.3 Å². The molecule has 4 heteroatoms. The van der Waals surface area contributed by atoms with E-state index in [-0.39, 0.29) is 17.9 Å². The van der Waals surface area contributed by atoms with E-state index in [0.29, 0.717) is 6.54 Å². The van der Waals surface area contributed by atoms with Crippen LogP contribution in [0.3, 0.4) is 0 Å². The predicted octanol–water partition coefficient (Wildman–Crippen LogP) is 3.04. The van der Waals surface area contributed by atoms with Crippen LogP contribution in [0.25, 0.3) is 0 Å². The summed E-state index contributed by atoms with van der Waals surface area (Å²) in [5.41, 5.74) is 1.08. The number of aliphatic hydroxyl groups excluding tert-OH is 1. The molecule has 1 aliphatic carbocycles. The lowest BCUT2D eigenvalue weighted by atomic mass is 9.74. The first-order valence-corrected chi connectivity index (χ1v) is 7.84. The van der Waals surface area contributed by atoms with E-state index in [1.807, 2.05) is 19.9 Å². The summed E-state index contributed by atoms with van der Waals surface area (Å²) in [6, 6.07) is 1.95. The van der Waals surface area contributed by atoms with Crippen molar-refractivity contribution in [1.82, 2.24) is 5.32 Å². The van der Waals surface area contributed by atoms with Crippen molar-refractivity contribution in [2.24, 2.45) is 5.41 Å². The van der Waals surface area contributed by atoms with Crippen molar-refractivity contribution in [3.8, 4) is 0 Å². The van der Waals surface area contributed by atoms with Crippen molar-refractivity contribution >= 4 is 17.2 Å². The summed E-state index contributed by atoms with van der Waals surface area (Å²) in [6.07, 6.45) is 5.61. The number of aryl methyl sites for hydroxylation is 2. The molecular weight excluding hydrogens is 258 g/mol. The van der Waals surface area contributed by atoms with Crippen molar-refractivity contribution < 1.29 is 9.90 Å². The Labute approximate surface area is 119 Å². The van der Waals surface area contributed by atoms with Crippen LogP contribution in [-0.2, 0) is 0 Å². The Balaban J connectivity index is 1.95. The van der Waals surface area contributed by atoms with Gasteiger partial charge in [-0.1, -0.05) is 19.3 Å². The Morgan fingerprint density at radius 2 is 2.05 bits per heavy atom. The number of thiophene rings is 1. The van der Waals surface area contributed by atoms with Crippen molar-refractivity contribution in [2.75, 3.05) is 13.2 Å². The van der Waals surface area contributed by atoms with Crippen LogP contribution >= 0.6 is 11.3 Å². The van der Waals surface area contributed by atoms with Crippen LogP contribution in [0.1, 0.15) is 52.2 Å². The summed E-state index contributed by atoms with van der Waals surface area (Å²) < 4.78 is 0. The maximum Gasteiger partial charge on any atom is 0.261 e. The van der Waals surface area contributed by atoms with Crippen molar-refractivity contribution in [3.05, 3.63) is 21.4 Å². The molecule has 3 nitrogen and oxygen atoms in total. The monoisotopic (exact) mass is 281 g/mol. The van der Waals surface area contributed by atoms with E-state index in [2.05, 4.69) is 5.32 Å². The van der Waals surface area contributed by atoms with Crippen LogP contribution in [0.2, 0.25) is 0 Å². The average molecular weight is 281 g/mol. The number of nitrogens with one attached hydrogen (secondary N) is 1. The molecule has 0 aromatic carbocycles. The van der Waals surface area contributed by atoms with Gasteiger partial charge in [-0.25, -0.2) is 0 Å². The molecule has 1 saturated carbocycles. The second kappa shape index (κ2) is 6.06. The third-order valence-corrected chi connectivity index (χ3v) is 5.41. The molecule has 0 unspecified atom stereocenters. The minimum absolute atomic E-state index is 0.000372. The maximum absolute atomic E-state index is 12.1. The highest BCUT2D eigenvalue weighted by Gasteiger charge is 2.31. The first-order valence-electron chi connectivity index (χ1n) is 7.02. The fraction of sp³-hybridized carbons (Fsp3) is 0.667. The number of hydrogen-bond acceptors (Lipinski definition) is 3. The van der Waals surface area contributed by atoms with Gasteiger partial charge in [0.15, 0.2) is 0 Å². The van der Waals surface area contributed by atoms with Gasteiger partial charge in [-0.05, 0) is 38.3 Å². The van der Waals surface area contributed by atoms with Crippen LogP contribution in [-0.4, -0.2) is 24.2 Å². The maximum atomic E-state index is 12.1. The number of carbonyl (C=O) groups excluding carboxylic acids is 1. The van der Waals surface area contributed by atoms with Gasteiger partial charge in [0.2, 0.25) is 0 Å². The van der Waals surface area contributed by atoms with Crippen molar-refractivity contribution in [2.45, 2.75) is 46.0 Å². The molecule has 0 spiro atoms.